The monoisotopic (exact) mass is 558 g/mol. The number of fused-ring (bicyclic) bond motifs is 1. The normalized spacial score (nSPS) is 16.9. The molecular formula is C28H38N4O8. The Balaban J connectivity index is 1.33. The number of nitrogens with one attached hydrogen (secondary N) is 3. The minimum absolute atomic E-state index is 0.00583. The van der Waals surface area contributed by atoms with E-state index in [0.717, 1.165) is 43.4 Å². The van der Waals surface area contributed by atoms with Gasteiger partial charge in [-0.2, -0.15) is 0 Å². The molecule has 1 fully saturated rings. The van der Waals surface area contributed by atoms with Gasteiger partial charge in [0.1, 0.15) is 17.4 Å². The molecule has 0 aromatic heterocycles. The topological polar surface area (TPSA) is 160 Å². The Morgan fingerprint density at radius 1 is 0.950 bits per heavy atom. The molecule has 3 N–H and O–H groups in total. The SMILES string of the molecule is CC(C)(C)OC(=O)NCCCCCCCCNC(=O)COc1cccc2c1C(=O)N(C1CCC(=O)NC1=O)C2=O. The number of carbonyl (C=O) groups excluding carboxylic acids is 6. The third kappa shape index (κ3) is 8.52. The summed E-state index contributed by atoms with van der Waals surface area (Å²) in [6, 6.07) is 3.43. The van der Waals surface area contributed by atoms with Gasteiger partial charge in [-0.05, 0) is 52.2 Å². The zero-order valence-corrected chi connectivity index (χ0v) is 23.3. The predicted octanol–water partition coefficient (Wildman–Crippen LogP) is 2.45. The van der Waals surface area contributed by atoms with Gasteiger partial charge in [0.25, 0.3) is 17.7 Å². The number of piperidine rings is 1. The van der Waals surface area contributed by atoms with Crippen molar-refractivity contribution in [3.05, 3.63) is 29.3 Å². The number of ether oxygens (including phenoxy) is 2. The summed E-state index contributed by atoms with van der Waals surface area (Å²) in [6.45, 7) is 6.19. The van der Waals surface area contributed by atoms with Crippen molar-refractivity contribution in [2.75, 3.05) is 19.7 Å². The van der Waals surface area contributed by atoms with E-state index in [4.69, 9.17) is 9.47 Å². The maximum absolute atomic E-state index is 13.1. The Kier molecular flexibility index (Phi) is 10.6. The summed E-state index contributed by atoms with van der Waals surface area (Å²) in [4.78, 5) is 74.4. The molecule has 2 aliphatic rings. The number of hydrogen-bond donors (Lipinski definition) is 3. The average Bonchev–Trinajstić information content (AvgIpc) is 3.13. The first-order valence-electron chi connectivity index (χ1n) is 13.7. The lowest BCUT2D eigenvalue weighted by Crippen LogP contribution is -2.54. The number of alkyl carbamates (subject to hydrolysis) is 1. The molecular weight excluding hydrogens is 520 g/mol. The molecule has 12 nitrogen and oxygen atoms in total. The number of benzene rings is 1. The molecule has 40 heavy (non-hydrogen) atoms. The Bertz CT molecular complexity index is 1140. The molecule has 1 aromatic rings. The fraction of sp³-hybridized carbons (Fsp3) is 0.571. The van der Waals surface area contributed by atoms with Gasteiger partial charge < -0.3 is 20.1 Å². The largest absolute Gasteiger partial charge is 0.483 e. The maximum Gasteiger partial charge on any atom is 0.407 e. The minimum Gasteiger partial charge on any atom is -0.483 e. The van der Waals surface area contributed by atoms with Gasteiger partial charge in [0.2, 0.25) is 11.8 Å². The molecule has 1 saturated heterocycles. The van der Waals surface area contributed by atoms with Crippen molar-refractivity contribution in [3.8, 4) is 5.75 Å². The smallest absolute Gasteiger partial charge is 0.407 e. The standard InChI is InChI=1S/C28H38N4O8/c1-28(2,3)40-27(38)30-16-9-7-5-4-6-8-15-29-22(34)17-39-20-12-10-11-18-23(20)26(37)32(25(18)36)19-13-14-21(33)31-24(19)35/h10-12,19H,4-9,13-17H2,1-3H3,(H,29,34)(H,30,38)(H,31,33,35). The van der Waals surface area contributed by atoms with E-state index in [-0.39, 0.29) is 42.2 Å². The van der Waals surface area contributed by atoms with Crippen molar-refractivity contribution in [2.45, 2.75) is 83.8 Å². The third-order valence-corrected chi connectivity index (χ3v) is 6.38. The molecule has 1 atom stereocenters. The van der Waals surface area contributed by atoms with Crippen LogP contribution in [0.3, 0.4) is 0 Å². The van der Waals surface area contributed by atoms with Crippen LogP contribution in [0.25, 0.3) is 0 Å². The number of carbonyl (C=O) groups is 6. The molecule has 3 rings (SSSR count). The molecule has 0 saturated carbocycles. The first-order chi connectivity index (χ1) is 19.0. The molecule has 6 amide bonds. The van der Waals surface area contributed by atoms with Crippen LogP contribution in [-0.4, -0.2) is 71.9 Å². The molecule has 0 aliphatic carbocycles. The Morgan fingerprint density at radius 3 is 2.25 bits per heavy atom. The summed E-state index contributed by atoms with van der Waals surface area (Å²) in [6.07, 6.45) is 5.31. The van der Waals surface area contributed by atoms with Crippen molar-refractivity contribution in [1.29, 1.82) is 0 Å². The zero-order valence-electron chi connectivity index (χ0n) is 23.3. The van der Waals surface area contributed by atoms with E-state index >= 15 is 0 Å². The van der Waals surface area contributed by atoms with Gasteiger partial charge in [0.05, 0.1) is 11.1 Å². The molecule has 0 bridgehead atoms. The number of imide groups is 2. The van der Waals surface area contributed by atoms with E-state index in [1.807, 2.05) is 20.8 Å². The van der Waals surface area contributed by atoms with E-state index in [1.165, 1.54) is 12.1 Å². The first-order valence-corrected chi connectivity index (χ1v) is 13.7. The highest BCUT2D eigenvalue weighted by molar-refractivity contribution is 6.24. The number of unbranched alkanes of at least 4 members (excludes halogenated alkanes) is 5. The van der Waals surface area contributed by atoms with E-state index in [1.54, 1.807) is 6.07 Å². The molecule has 0 radical (unpaired) electrons. The van der Waals surface area contributed by atoms with Crippen molar-refractivity contribution < 1.29 is 38.2 Å². The summed E-state index contributed by atoms with van der Waals surface area (Å²) in [5.41, 5.74) is -0.409. The van der Waals surface area contributed by atoms with Gasteiger partial charge in [-0.3, -0.25) is 34.2 Å². The third-order valence-electron chi connectivity index (χ3n) is 6.38. The summed E-state index contributed by atoms with van der Waals surface area (Å²) < 4.78 is 10.8. The van der Waals surface area contributed by atoms with Crippen LogP contribution in [0.1, 0.15) is 92.9 Å². The van der Waals surface area contributed by atoms with E-state index in [0.29, 0.717) is 13.1 Å². The molecule has 0 spiro atoms. The summed E-state index contributed by atoms with van der Waals surface area (Å²) in [5.74, 6) is -2.73. The van der Waals surface area contributed by atoms with Crippen LogP contribution in [0.2, 0.25) is 0 Å². The van der Waals surface area contributed by atoms with Crippen molar-refractivity contribution in [1.82, 2.24) is 20.9 Å². The van der Waals surface area contributed by atoms with Crippen LogP contribution in [0.4, 0.5) is 4.79 Å². The Labute approximate surface area is 233 Å². The van der Waals surface area contributed by atoms with E-state index < -0.39 is 41.4 Å². The van der Waals surface area contributed by atoms with Crippen molar-refractivity contribution in [2.24, 2.45) is 0 Å². The lowest BCUT2D eigenvalue weighted by atomic mass is 10.0. The summed E-state index contributed by atoms with van der Waals surface area (Å²) in [5, 5.41) is 7.68. The number of nitrogens with zero attached hydrogens (tertiary/aromatic N) is 1. The number of hydrogen-bond acceptors (Lipinski definition) is 8. The minimum atomic E-state index is -1.07. The molecule has 12 heteroatoms. The molecule has 2 aliphatic heterocycles. The van der Waals surface area contributed by atoms with Gasteiger partial charge >= 0.3 is 6.09 Å². The van der Waals surface area contributed by atoms with Crippen LogP contribution < -0.4 is 20.7 Å². The van der Waals surface area contributed by atoms with Gasteiger partial charge in [-0.15, -0.1) is 0 Å². The highest BCUT2D eigenvalue weighted by Crippen LogP contribution is 2.33. The number of rotatable bonds is 13. The lowest BCUT2D eigenvalue weighted by molar-refractivity contribution is -0.136. The molecule has 1 aromatic carbocycles. The van der Waals surface area contributed by atoms with E-state index in [9.17, 15) is 28.8 Å². The summed E-state index contributed by atoms with van der Waals surface area (Å²) in [7, 11) is 0. The predicted molar refractivity (Wildman–Crippen MR) is 144 cm³/mol. The van der Waals surface area contributed by atoms with Crippen LogP contribution >= 0.6 is 0 Å². The maximum atomic E-state index is 13.1. The highest BCUT2D eigenvalue weighted by Gasteiger charge is 2.46. The molecule has 1 unspecified atom stereocenters. The van der Waals surface area contributed by atoms with E-state index in [2.05, 4.69) is 16.0 Å². The Hall–Kier alpha value is -3.96. The highest BCUT2D eigenvalue weighted by atomic mass is 16.6. The second-order valence-electron chi connectivity index (χ2n) is 10.8. The number of amides is 6. The molecule has 2 heterocycles. The van der Waals surface area contributed by atoms with Crippen LogP contribution in [-0.2, 0) is 19.1 Å². The molecule has 218 valence electrons. The average molecular weight is 559 g/mol. The lowest BCUT2D eigenvalue weighted by Gasteiger charge is -2.27. The van der Waals surface area contributed by atoms with Crippen LogP contribution in [0.5, 0.6) is 5.75 Å². The van der Waals surface area contributed by atoms with Crippen LogP contribution in [0, 0.1) is 0 Å². The van der Waals surface area contributed by atoms with Crippen molar-refractivity contribution in [3.63, 3.8) is 0 Å². The van der Waals surface area contributed by atoms with Gasteiger partial charge in [-0.1, -0.05) is 31.7 Å². The second kappa shape index (κ2) is 13.9. The quantitative estimate of drug-likeness (QED) is 0.246. The zero-order chi connectivity index (χ0) is 29.3. The fourth-order valence-corrected chi connectivity index (χ4v) is 4.49. The fourth-order valence-electron chi connectivity index (χ4n) is 4.49. The van der Waals surface area contributed by atoms with Crippen molar-refractivity contribution >= 4 is 35.6 Å². The second-order valence-corrected chi connectivity index (χ2v) is 10.8. The summed E-state index contributed by atoms with van der Waals surface area (Å²) >= 11 is 0. The Morgan fingerprint density at radius 2 is 1.60 bits per heavy atom. The van der Waals surface area contributed by atoms with Gasteiger partial charge in [0, 0.05) is 19.5 Å². The first kappa shape index (κ1) is 30.6. The van der Waals surface area contributed by atoms with Gasteiger partial charge in [-0.25, -0.2) is 4.79 Å². The van der Waals surface area contributed by atoms with Gasteiger partial charge in [0.15, 0.2) is 6.61 Å². The van der Waals surface area contributed by atoms with Crippen LogP contribution in [0.15, 0.2) is 18.2 Å².